The van der Waals surface area contributed by atoms with E-state index in [9.17, 15) is 4.79 Å². The van der Waals surface area contributed by atoms with E-state index in [0.717, 1.165) is 5.56 Å². The minimum absolute atomic E-state index is 0.155. The summed E-state index contributed by atoms with van der Waals surface area (Å²) in [6, 6.07) is 5.46. The molecule has 0 aliphatic carbocycles. The summed E-state index contributed by atoms with van der Waals surface area (Å²) in [6.07, 6.45) is 0. The average molecular weight is 291 g/mol. The predicted molar refractivity (Wildman–Crippen MR) is 75.4 cm³/mol. The normalized spacial score (nSPS) is 25.0. The van der Waals surface area contributed by atoms with Crippen molar-refractivity contribution >= 4 is 11.9 Å². The lowest BCUT2D eigenvalue weighted by Gasteiger charge is -2.21. The Hall–Kier alpha value is -2.28. The van der Waals surface area contributed by atoms with E-state index in [0.29, 0.717) is 30.6 Å². The molecular formula is C14H17N3O4. The van der Waals surface area contributed by atoms with Gasteiger partial charge in [0.05, 0.1) is 13.2 Å². The molecule has 1 amide bonds. The summed E-state index contributed by atoms with van der Waals surface area (Å²) < 4.78 is 15.6. The van der Waals surface area contributed by atoms with Gasteiger partial charge in [0.25, 0.3) is 5.91 Å². The van der Waals surface area contributed by atoms with Gasteiger partial charge in [-0.15, -0.1) is 0 Å². The third-order valence-corrected chi connectivity index (χ3v) is 3.57. The number of carbonyl (C=O) groups excluding carboxylic acids is 1. The van der Waals surface area contributed by atoms with Crippen molar-refractivity contribution < 1.29 is 19.0 Å². The minimum atomic E-state index is -0.882. The fourth-order valence-electron chi connectivity index (χ4n) is 2.30. The number of carbonyl (C=O) groups is 1. The van der Waals surface area contributed by atoms with Gasteiger partial charge in [-0.05, 0) is 24.6 Å². The van der Waals surface area contributed by atoms with Crippen LogP contribution < -0.4 is 20.1 Å². The van der Waals surface area contributed by atoms with E-state index in [4.69, 9.17) is 14.2 Å². The Morgan fingerprint density at radius 1 is 1.38 bits per heavy atom. The first-order valence-corrected chi connectivity index (χ1v) is 6.66. The summed E-state index contributed by atoms with van der Waals surface area (Å²) in [4.78, 5) is 16.5. The average Bonchev–Trinajstić information content (AvgIpc) is 3.04. The standard InChI is InChI=1S/C14H17N3O4/c1-14(9-3-4-10-11(7-9)21-8-20-10)12(18)16-13(17-14)15-5-6-19-2/h3-4,7H,5-6,8H2,1-2H3,(H2,15,16,17,18). The molecule has 3 rings (SSSR count). The molecule has 0 aromatic heterocycles. The van der Waals surface area contributed by atoms with E-state index in [1.807, 2.05) is 12.1 Å². The van der Waals surface area contributed by atoms with E-state index >= 15 is 0 Å². The fourth-order valence-corrected chi connectivity index (χ4v) is 2.30. The number of hydrogen-bond donors (Lipinski definition) is 2. The second kappa shape index (κ2) is 5.25. The molecule has 7 heteroatoms. The molecule has 7 nitrogen and oxygen atoms in total. The molecule has 1 aromatic rings. The van der Waals surface area contributed by atoms with E-state index in [2.05, 4.69) is 15.6 Å². The van der Waals surface area contributed by atoms with E-state index in [1.54, 1.807) is 20.1 Å². The molecule has 0 radical (unpaired) electrons. The number of aliphatic imine (C=N–C) groups is 1. The van der Waals surface area contributed by atoms with Gasteiger partial charge in [0.1, 0.15) is 5.54 Å². The van der Waals surface area contributed by atoms with Gasteiger partial charge in [0, 0.05) is 7.11 Å². The smallest absolute Gasteiger partial charge is 0.256 e. The van der Waals surface area contributed by atoms with Gasteiger partial charge in [0.2, 0.25) is 6.79 Å². The highest BCUT2D eigenvalue weighted by molar-refractivity contribution is 6.09. The van der Waals surface area contributed by atoms with E-state index in [-0.39, 0.29) is 12.7 Å². The number of benzene rings is 1. The summed E-state index contributed by atoms with van der Waals surface area (Å²) >= 11 is 0. The Morgan fingerprint density at radius 3 is 3.00 bits per heavy atom. The van der Waals surface area contributed by atoms with Gasteiger partial charge in [-0.1, -0.05) is 6.07 Å². The number of nitrogens with zero attached hydrogens (tertiary/aromatic N) is 1. The number of rotatable bonds is 4. The van der Waals surface area contributed by atoms with Crippen molar-refractivity contribution in [2.75, 3.05) is 27.1 Å². The zero-order chi connectivity index (χ0) is 14.9. The molecular weight excluding hydrogens is 274 g/mol. The van der Waals surface area contributed by atoms with Gasteiger partial charge in [0.15, 0.2) is 17.5 Å². The maximum absolute atomic E-state index is 12.3. The lowest BCUT2D eigenvalue weighted by atomic mass is 9.92. The highest BCUT2D eigenvalue weighted by Crippen LogP contribution is 2.36. The zero-order valence-corrected chi connectivity index (χ0v) is 11.9. The van der Waals surface area contributed by atoms with Crippen LogP contribution in [0.15, 0.2) is 23.2 Å². The van der Waals surface area contributed by atoms with Crippen LogP contribution in [-0.2, 0) is 15.1 Å². The molecule has 2 aliphatic rings. The Kier molecular flexibility index (Phi) is 3.42. The molecule has 112 valence electrons. The molecule has 1 atom stereocenters. The maximum Gasteiger partial charge on any atom is 0.256 e. The number of guanidine groups is 1. The summed E-state index contributed by atoms with van der Waals surface area (Å²) in [6.45, 7) is 3.00. The highest BCUT2D eigenvalue weighted by atomic mass is 16.7. The van der Waals surface area contributed by atoms with Crippen molar-refractivity contribution in [3.8, 4) is 11.5 Å². The zero-order valence-electron chi connectivity index (χ0n) is 11.9. The lowest BCUT2D eigenvalue weighted by Crippen LogP contribution is -2.40. The highest BCUT2D eigenvalue weighted by Gasteiger charge is 2.42. The van der Waals surface area contributed by atoms with Gasteiger partial charge in [-0.2, -0.15) is 0 Å². The van der Waals surface area contributed by atoms with Crippen LogP contribution >= 0.6 is 0 Å². The number of ether oxygens (including phenoxy) is 3. The molecule has 0 spiro atoms. The van der Waals surface area contributed by atoms with Crippen molar-refractivity contribution in [1.82, 2.24) is 10.6 Å². The summed E-state index contributed by atoms with van der Waals surface area (Å²) in [7, 11) is 1.61. The molecule has 2 aliphatic heterocycles. The van der Waals surface area contributed by atoms with Crippen LogP contribution in [0.3, 0.4) is 0 Å². The van der Waals surface area contributed by atoms with Crippen LogP contribution in [0.4, 0.5) is 0 Å². The molecule has 0 saturated carbocycles. The third kappa shape index (κ3) is 2.40. The first-order chi connectivity index (χ1) is 10.1. The summed E-state index contributed by atoms with van der Waals surface area (Å²) in [5.74, 6) is 1.64. The Balaban J connectivity index is 1.83. The predicted octanol–water partition coefficient (Wildman–Crippen LogP) is 0.352. The van der Waals surface area contributed by atoms with Crippen LogP contribution in [0.2, 0.25) is 0 Å². The quantitative estimate of drug-likeness (QED) is 0.783. The van der Waals surface area contributed by atoms with Crippen LogP contribution in [-0.4, -0.2) is 38.9 Å². The van der Waals surface area contributed by atoms with Crippen molar-refractivity contribution in [2.24, 2.45) is 4.99 Å². The summed E-state index contributed by atoms with van der Waals surface area (Å²) in [5, 5.41) is 5.86. The Morgan fingerprint density at radius 2 is 2.19 bits per heavy atom. The Labute approximate surface area is 122 Å². The number of amides is 1. The lowest BCUT2D eigenvalue weighted by molar-refractivity contribution is -0.123. The van der Waals surface area contributed by atoms with Gasteiger partial charge >= 0.3 is 0 Å². The van der Waals surface area contributed by atoms with Crippen molar-refractivity contribution in [3.63, 3.8) is 0 Å². The van der Waals surface area contributed by atoms with Crippen LogP contribution in [0.5, 0.6) is 11.5 Å². The van der Waals surface area contributed by atoms with E-state index < -0.39 is 5.54 Å². The van der Waals surface area contributed by atoms with Crippen LogP contribution in [0, 0.1) is 0 Å². The van der Waals surface area contributed by atoms with Crippen LogP contribution in [0.1, 0.15) is 12.5 Å². The van der Waals surface area contributed by atoms with Crippen molar-refractivity contribution in [1.29, 1.82) is 0 Å². The molecule has 1 unspecified atom stereocenters. The van der Waals surface area contributed by atoms with E-state index in [1.165, 1.54) is 0 Å². The summed E-state index contributed by atoms with van der Waals surface area (Å²) in [5.41, 5.74) is -0.0893. The first-order valence-electron chi connectivity index (χ1n) is 6.66. The van der Waals surface area contributed by atoms with Gasteiger partial charge in [-0.3, -0.25) is 15.1 Å². The molecule has 21 heavy (non-hydrogen) atoms. The first kappa shape index (κ1) is 13.7. The maximum atomic E-state index is 12.3. The second-order valence-electron chi connectivity index (χ2n) is 5.00. The molecule has 2 N–H and O–H groups in total. The Bertz CT molecular complexity index is 602. The molecule has 0 bridgehead atoms. The molecule has 1 saturated heterocycles. The van der Waals surface area contributed by atoms with Gasteiger partial charge in [-0.25, -0.2) is 0 Å². The van der Waals surface area contributed by atoms with Crippen molar-refractivity contribution in [3.05, 3.63) is 23.8 Å². The second-order valence-corrected chi connectivity index (χ2v) is 5.00. The van der Waals surface area contributed by atoms with Gasteiger partial charge < -0.3 is 19.5 Å². The number of nitrogens with one attached hydrogen (secondary N) is 2. The molecule has 1 fully saturated rings. The van der Waals surface area contributed by atoms with Crippen LogP contribution in [0.25, 0.3) is 0 Å². The largest absolute Gasteiger partial charge is 0.454 e. The topological polar surface area (TPSA) is 81.2 Å². The monoisotopic (exact) mass is 291 g/mol. The minimum Gasteiger partial charge on any atom is -0.454 e. The third-order valence-electron chi connectivity index (χ3n) is 3.57. The molecule has 2 heterocycles. The van der Waals surface area contributed by atoms with Crippen molar-refractivity contribution in [2.45, 2.75) is 12.5 Å². The SMILES string of the molecule is COCCN=C1NC(=O)C(C)(c2ccc3c(c2)OCO3)N1. The number of hydrogen-bond acceptors (Lipinski definition) is 5. The molecule has 1 aromatic carbocycles. The number of fused-ring (bicyclic) bond motifs is 1. The fraction of sp³-hybridized carbons (Fsp3) is 0.429. The number of methoxy groups -OCH3 is 1.